The maximum Gasteiger partial charge on any atom is 0.159 e. The number of nitrogens with zero attached hydrogens (tertiary/aromatic N) is 1. The summed E-state index contributed by atoms with van der Waals surface area (Å²) in [5, 5.41) is 4.86. The predicted octanol–water partition coefficient (Wildman–Crippen LogP) is 12.2. The van der Waals surface area contributed by atoms with Crippen LogP contribution in [-0.4, -0.2) is 0 Å². The summed E-state index contributed by atoms with van der Waals surface area (Å²) in [5.74, 6) is 0. The molecule has 0 radical (unpaired) electrons. The van der Waals surface area contributed by atoms with E-state index in [1.165, 1.54) is 33.0 Å². The second-order valence-corrected chi connectivity index (χ2v) is 12.5. The van der Waals surface area contributed by atoms with Crippen LogP contribution in [0.4, 0.5) is 17.1 Å². The number of furan rings is 1. The van der Waals surface area contributed by atoms with Gasteiger partial charge in [-0.25, -0.2) is 0 Å². The predicted molar refractivity (Wildman–Crippen MR) is 189 cm³/mol. The van der Waals surface area contributed by atoms with Crippen LogP contribution in [0.5, 0.6) is 0 Å². The molecule has 8 aromatic rings. The Morgan fingerprint density at radius 3 is 1.98 bits per heavy atom. The second kappa shape index (κ2) is 9.70. The summed E-state index contributed by atoms with van der Waals surface area (Å²) in [7, 11) is 0. The highest BCUT2D eigenvalue weighted by Crippen LogP contribution is 2.53. The van der Waals surface area contributed by atoms with Crippen molar-refractivity contribution in [2.75, 3.05) is 4.90 Å². The van der Waals surface area contributed by atoms with Crippen molar-refractivity contribution in [3.63, 3.8) is 0 Å². The highest BCUT2D eigenvalue weighted by Gasteiger charge is 2.37. The summed E-state index contributed by atoms with van der Waals surface area (Å²) in [6.07, 6.45) is 0. The fraction of sp³-hybridized carbons (Fsp3) is 0.0698. The van der Waals surface area contributed by atoms with Gasteiger partial charge in [0.25, 0.3) is 0 Å². The van der Waals surface area contributed by atoms with Gasteiger partial charge in [0, 0.05) is 33.1 Å². The molecule has 0 fully saturated rings. The quantitative estimate of drug-likeness (QED) is 0.207. The number of para-hydroxylation sites is 3. The molecule has 0 saturated carbocycles. The third-order valence-corrected chi connectivity index (χ3v) is 9.62. The van der Waals surface area contributed by atoms with Crippen LogP contribution in [0.25, 0.3) is 55.0 Å². The van der Waals surface area contributed by atoms with E-state index in [9.17, 15) is 0 Å². The van der Waals surface area contributed by atoms with Crippen molar-refractivity contribution >= 4 is 49.8 Å². The van der Waals surface area contributed by atoms with E-state index in [-0.39, 0.29) is 5.41 Å². The number of benzene rings is 7. The third-order valence-electron chi connectivity index (χ3n) is 9.62. The first-order chi connectivity index (χ1) is 22.1. The molecule has 0 N–H and O–H groups in total. The summed E-state index contributed by atoms with van der Waals surface area (Å²) in [5.41, 5.74) is 12.5. The zero-order valence-electron chi connectivity index (χ0n) is 25.3. The van der Waals surface area contributed by atoms with Crippen molar-refractivity contribution < 1.29 is 4.42 Å². The molecule has 45 heavy (non-hydrogen) atoms. The molecule has 1 aliphatic rings. The maximum atomic E-state index is 6.88. The van der Waals surface area contributed by atoms with Crippen molar-refractivity contribution in [2.45, 2.75) is 19.3 Å². The normalized spacial score (nSPS) is 13.3. The highest BCUT2D eigenvalue weighted by molar-refractivity contribution is 6.13. The molecule has 1 heterocycles. The fourth-order valence-electron chi connectivity index (χ4n) is 7.56. The average molecular weight is 578 g/mol. The Balaban J connectivity index is 1.27. The van der Waals surface area contributed by atoms with Gasteiger partial charge in [-0.2, -0.15) is 0 Å². The van der Waals surface area contributed by atoms with E-state index in [4.69, 9.17) is 4.42 Å². The molecular weight excluding hydrogens is 546 g/mol. The minimum atomic E-state index is -0.153. The lowest BCUT2D eigenvalue weighted by atomic mass is 9.80. The van der Waals surface area contributed by atoms with Crippen LogP contribution in [0.2, 0.25) is 0 Å². The monoisotopic (exact) mass is 577 g/mol. The molecular formula is C43H31NO. The summed E-state index contributed by atoms with van der Waals surface area (Å²) in [6, 6.07) is 54.4. The largest absolute Gasteiger partial charge is 0.453 e. The first-order valence-electron chi connectivity index (χ1n) is 15.6. The first-order valence-corrected chi connectivity index (χ1v) is 15.6. The Kier molecular flexibility index (Phi) is 5.58. The lowest BCUT2D eigenvalue weighted by Crippen LogP contribution is -2.17. The molecule has 0 saturated heterocycles. The van der Waals surface area contributed by atoms with Gasteiger partial charge in [-0.1, -0.05) is 135 Å². The first kappa shape index (κ1) is 25.9. The van der Waals surface area contributed by atoms with Gasteiger partial charge < -0.3 is 9.32 Å². The number of hydrogen-bond acceptors (Lipinski definition) is 2. The molecule has 0 unspecified atom stereocenters. The summed E-state index contributed by atoms with van der Waals surface area (Å²) < 4.78 is 6.88. The van der Waals surface area contributed by atoms with Gasteiger partial charge in [0.05, 0.1) is 5.69 Å². The van der Waals surface area contributed by atoms with Gasteiger partial charge in [0.15, 0.2) is 5.58 Å². The zero-order chi connectivity index (χ0) is 30.1. The highest BCUT2D eigenvalue weighted by atomic mass is 16.3. The molecule has 2 heteroatoms. The number of hydrogen-bond donors (Lipinski definition) is 0. The lowest BCUT2D eigenvalue weighted by Gasteiger charge is -2.28. The zero-order valence-corrected chi connectivity index (χ0v) is 25.3. The summed E-state index contributed by atoms with van der Waals surface area (Å²) in [6.45, 7) is 4.73. The molecule has 1 aromatic heterocycles. The van der Waals surface area contributed by atoms with E-state index in [0.717, 1.165) is 50.1 Å². The van der Waals surface area contributed by atoms with Gasteiger partial charge in [-0.15, -0.1) is 0 Å². The van der Waals surface area contributed by atoms with Crippen LogP contribution in [0.1, 0.15) is 25.0 Å². The van der Waals surface area contributed by atoms with E-state index in [1.807, 2.05) is 0 Å². The number of rotatable bonds is 4. The van der Waals surface area contributed by atoms with Gasteiger partial charge in [0.2, 0.25) is 0 Å². The Labute approximate surface area is 262 Å². The van der Waals surface area contributed by atoms with E-state index in [0.29, 0.717) is 0 Å². The van der Waals surface area contributed by atoms with Crippen molar-refractivity contribution in [2.24, 2.45) is 0 Å². The lowest BCUT2D eigenvalue weighted by molar-refractivity contribution is 0.666. The van der Waals surface area contributed by atoms with E-state index < -0.39 is 0 Å². The summed E-state index contributed by atoms with van der Waals surface area (Å²) >= 11 is 0. The van der Waals surface area contributed by atoms with E-state index >= 15 is 0 Å². The molecule has 7 aromatic carbocycles. The van der Waals surface area contributed by atoms with Crippen LogP contribution in [0.15, 0.2) is 156 Å². The number of fused-ring (bicyclic) bond motifs is 8. The molecule has 0 bridgehead atoms. The van der Waals surface area contributed by atoms with E-state index in [2.05, 4.69) is 170 Å². The van der Waals surface area contributed by atoms with Crippen molar-refractivity contribution in [3.8, 4) is 22.3 Å². The Hall–Kier alpha value is -5.60. The minimum Gasteiger partial charge on any atom is -0.453 e. The van der Waals surface area contributed by atoms with E-state index in [1.54, 1.807) is 0 Å². The Morgan fingerprint density at radius 1 is 0.489 bits per heavy atom. The topological polar surface area (TPSA) is 16.4 Å². The van der Waals surface area contributed by atoms with Gasteiger partial charge >= 0.3 is 0 Å². The Morgan fingerprint density at radius 2 is 1.16 bits per heavy atom. The third kappa shape index (κ3) is 3.82. The van der Waals surface area contributed by atoms with Gasteiger partial charge in [0.1, 0.15) is 5.58 Å². The molecule has 0 atom stereocenters. The molecule has 1 aliphatic carbocycles. The number of anilines is 3. The average Bonchev–Trinajstić information content (AvgIpc) is 3.59. The van der Waals surface area contributed by atoms with Crippen LogP contribution in [0, 0.1) is 0 Å². The maximum absolute atomic E-state index is 6.88. The smallest absolute Gasteiger partial charge is 0.159 e. The molecule has 9 rings (SSSR count). The van der Waals surface area contributed by atoms with Crippen molar-refractivity contribution in [1.82, 2.24) is 0 Å². The molecule has 0 aliphatic heterocycles. The van der Waals surface area contributed by atoms with Crippen LogP contribution in [-0.2, 0) is 5.41 Å². The van der Waals surface area contributed by atoms with Crippen molar-refractivity contribution in [3.05, 3.63) is 163 Å². The van der Waals surface area contributed by atoms with Gasteiger partial charge in [-0.3, -0.25) is 0 Å². The standard InChI is InChI=1S/C43H31NO/c1-43(2)38-27-31(24-26-34(38)35-25-23-29-15-9-10-18-32(29)40(35)43)44(30-16-7-4-8-17-30)39-22-12-21-37-36-20-11-19-33(41(36)45-42(37)39)28-13-5-3-6-14-28/h3-27H,1-2H3. The molecule has 214 valence electrons. The molecule has 0 spiro atoms. The second-order valence-electron chi connectivity index (χ2n) is 12.5. The van der Waals surface area contributed by atoms with Crippen LogP contribution in [0.3, 0.4) is 0 Å². The van der Waals surface area contributed by atoms with Crippen LogP contribution >= 0.6 is 0 Å². The molecule has 2 nitrogen and oxygen atoms in total. The molecule has 0 amide bonds. The minimum absolute atomic E-state index is 0.153. The van der Waals surface area contributed by atoms with Crippen LogP contribution < -0.4 is 4.90 Å². The Bertz CT molecular complexity index is 2400. The van der Waals surface area contributed by atoms with Crippen molar-refractivity contribution in [1.29, 1.82) is 0 Å². The fourth-order valence-corrected chi connectivity index (χ4v) is 7.56. The SMILES string of the molecule is CC1(C)c2cc(N(c3ccccc3)c3cccc4c3oc3c(-c5ccccc5)cccc34)ccc2-c2ccc3ccccc3c21. The van der Waals surface area contributed by atoms with Gasteiger partial charge in [-0.05, 0) is 68.9 Å². The summed E-state index contributed by atoms with van der Waals surface area (Å²) in [4.78, 5) is 2.35.